The van der Waals surface area contributed by atoms with E-state index in [-0.39, 0.29) is 5.97 Å². The van der Waals surface area contributed by atoms with Crippen molar-refractivity contribution in [3.05, 3.63) is 28.9 Å². The van der Waals surface area contributed by atoms with E-state index in [2.05, 4.69) is 74.4 Å². The van der Waals surface area contributed by atoms with Crippen molar-refractivity contribution in [2.45, 2.75) is 6.92 Å². The summed E-state index contributed by atoms with van der Waals surface area (Å²) in [6, 6.07) is 1.97. The number of benzene rings is 1. The SMILES string of the molecule is C=Cc1c(I)cc(I)c(OC(C)=O)c1I. The van der Waals surface area contributed by atoms with E-state index in [1.54, 1.807) is 6.08 Å². The van der Waals surface area contributed by atoms with Crippen molar-refractivity contribution in [2.24, 2.45) is 0 Å². The van der Waals surface area contributed by atoms with E-state index >= 15 is 0 Å². The average Bonchev–Trinajstić information content (AvgIpc) is 2.12. The normalized spacial score (nSPS) is 9.87. The first kappa shape index (κ1) is 13.7. The molecule has 5 heteroatoms. The molecule has 0 fully saturated rings. The minimum atomic E-state index is -0.304. The molecule has 2 nitrogen and oxygen atoms in total. The van der Waals surface area contributed by atoms with Gasteiger partial charge in [0.25, 0.3) is 0 Å². The molecule has 0 saturated heterocycles. The maximum Gasteiger partial charge on any atom is 0.308 e. The molecule has 0 radical (unpaired) electrons. The number of halogens is 3. The number of esters is 1. The summed E-state index contributed by atoms with van der Waals surface area (Å²) in [7, 11) is 0. The summed E-state index contributed by atoms with van der Waals surface area (Å²) in [4.78, 5) is 10.9. The standard InChI is InChI=1S/C10H7I3O2/c1-3-6-7(11)4-8(12)10(9(6)13)15-5(2)14/h3-4H,1H2,2H3. The Morgan fingerprint density at radius 3 is 2.47 bits per heavy atom. The summed E-state index contributed by atoms with van der Waals surface area (Å²) in [5, 5.41) is 0. The molecule has 15 heavy (non-hydrogen) atoms. The van der Waals surface area contributed by atoms with Crippen LogP contribution in [-0.2, 0) is 4.79 Å². The third-order valence-electron chi connectivity index (χ3n) is 1.61. The lowest BCUT2D eigenvalue weighted by molar-refractivity contribution is -0.132. The molecule has 0 aliphatic heterocycles. The van der Waals surface area contributed by atoms with Crippen molar-refractivity contribution in [1.82, 2.24) is 0 Å². The Hall–Kier alpha value is 0.620. The first-order chi connectivity index (χ1) is 6.97. The van der Waals surface area contributed by atoms with Crippen LogP contribution in [0.1, 0.15) is 12.5 Å². The van der Waals surface area contributed by atoms with Gasteiger partial charge in [-0.25, -0.2) is 0 Å². The highest BCUT2D eigenvalue weighted by molar-refractivity contribution is 14.1. The fraction of sp³-hybridized carbons (Fsp3) is 0.100. The van der Waals surface area contributed by atoms with E-state index in [1.807, 2.05) is 6.07 Å². The van der Waals surface area contributed by atoms with Gasteiger partial charge in [-0.1, -0.05) is 12.7 Å². The Balaban J connectivity index is 3.38. The van der Waals surface area contributed by atoms with Gasteiger partial charge in [0.15, 0.2) is 5.75 Å². The van der Waals surface area contributed by atoms with Crippen molar-refractivity contribution in [3.8, 4) is 5.75 Å². The molecule has 0 unspecified atom stereocenters. The number of hydrogen-bond acceptors (Lipinski definition) is 2. The number of rotatable bonds is 2. The van der Waals surface area contributed by atoms with Gasteiger partial charge >= 0.3 is 5.97 Å². The van der Waals surface area contributed by atoms with Crippen LogP contribution >= 0.6 is 67.8 Å². The third-order valence-corrected chi connectivity index (χ3v) is 4.38. The van der Waals surface area contributed by atoms with E-state index in [1.165, 1.54) is 6.92 Å². The molecule has 0 amide bonds. The minimum absolute atomic E-state index is 0.304. The summed E-state index contributed by atoms with van der Waals surface area (Å²) < 4.78 is 8.13. The molecule has 1 aromatic rings. The highest BCUT2D eigenvalue weighted by atomic mass is 127. The molecular weight excluding hydrogens is 533 g/mol. The largest absolute Gasteiger partial charge is 0.424 e. The van der Waals surface area contributed by atoms with Gasteiger partial charge in [-0.15, -0.1) is 0 Å². The van der Waals surface area contributed by atoms with Crippen molar-refractivity contribution in [3.63, 3.8) is 0 Å². The Morgan fingerprint density at radius 2 is 2.00 bits per heavy atom. The summed E-state index contributed by atoms with van der Waals surface area (Å²) >= 11 is 6.57. The van der Waals surface area contributed by atoms with Crippen LogP contribution in [0.4, 0.5) is 0 Å². The predicted octanol–water partition coefficient (Wildman–Crippen LogP) is 4.07. The lowest BCUT2D eigenvalue weighted by Gasteiger charge is -2.11. The topological polar surface area (TPSA) is 26.3 Å². The van der Waals surface area contributed by atoms with Crippen LogP contribution in [0, 0.1) is 10.7 Å². The summed E-state index contributed by atoms with van der Waals surface area (Å²) in [6.07, 6.45) is 1.77. The quantitative estimate of drug-likeness (QED) is 0.322. The molecular formula is C10H7I3O2. The zero-order valence-corrected chi connectivity index (χ0v) is 14.3. The second kappa shape index (κ2) is 5.80. The van der Waals surface area contributed by atoms with Gasteiger partial charge < -0.3 is 4.74 Å². The van der Waals surface area contributed by atoms with Crippen LogP contribution in [0.2, 0.25) is 0 Å². The maximum absolute atomic E-state index is 10.9. The van der Waals surface area contributed by atoms with Crippen molar-refractivity contribution < 1.29 is 9.53 Å². The monoisotopic (exact) mass is 540 g/mol. The zero-order chi connectivity index (χ0) is 11.6. The van der Waals surface area contributed by atoms with E-state index in [0.29, 0.717) is 5.75 Å². The number of hydrogen-bond donors (Lipinski definition) is 0. The summed E-state index contributed by atoms with van der Waals surface area (Å²) in [5.41, 5.74) is 1.01. The van der Waals surface area contributed by atoms with Gasteiger partial charge in [0.2, 0.25) is 0 Å². The Kier molecular flexibility index (Phi) is 5.29. The lowest BCUT2D eigenvalue weighted by atomic mass is 10.2. The fourth-order valence-electron chi connectivity index (χ4n) is 1.01. The van der Waals surface area contributed by atoms with Crippen LogP contribution in [0.3, 0.4) is 0 Å². The fourth-order valence-corrected chi connectivity index (χ4v) is 5.04. The average molecular weight is 540 g/mol. The van der Waals surface area contributed by atoms with Gasteiger partial charge in [0.1, 0.15) is 0 Å². The lowest BCUT2D eigenvalue weighted by Crippen LogP contribution is -2.06. The van der Waals surface area contributed by atoms with Crippen molar-refractivity contribution in [2.75, 3.05) is 0 Å². The molecule has 0 aromatic heterocycles. The Morgan fingerprint density at radius 1 is 1.40 bits per heavy atom. The maximum atomic E-state index is 10.9. The van der Waals surface area contributed by atoms with Crippen molar-refractivity contribution in [1.29, 1.82) is 0 Å². The van der Waals surface area contributed by atoms with Crippen LogP contribution in [0.5, 0.6) is 5.75 Å². The Labute approximate surface area is 129 Å². The zero-order valence-electron chi connectivity index (χ0n) is 7.81. The van der Waals surface area contributed by atoms with E-state index < -0.39 is 0 Å². The molecule has 0 aliphatic rings. The highest BCUT2D eigenvalue weighted by Crippen LogP contribution is 2.34. The molecule has 1 aromatic carbocycles. The van der Waals surface area contributed by atoms with Crippen molar-refractivity contribution >= 4 is 79.8 Å². The van der Waals surface area contributed by atoms with Gasteiger partial charge in [-0.2, -0.15) is 0 Å². The molecule has 1 rings (SSSR count). The van der Waals surface area contributed by atoms with E-state index in [4.69, 9.17) is 4.74 Å². The predicted molar refractivity (Wildman–Crippen MR) is 86.0 cm³/mol. The second-order valence-electron chi connectivity index (χ2n) is 2.69. The molecule has 0 atom stereocenters. The van der Waals surface area contributed by atoms with Crippen LogP contribution < -0.4 is 4.74 Å². The molecule has 0 heterocycles. The molecule has 0 saturated carbocycles. The molecule has 0 N–H and O–H groups in total. The molecule has 0 spiro atoms. The summed E-state index contributed by atoms with van der Waals surface area (Å²) in [5.74, 6) is 0.320. The van der Waals surface area contributed by atoms with E-state index in [9.17, 15) is 4.79 Å². The first-order valence-corrected chi connectivity index (χ1v) is 7.19. The molecule has 0 bridgehead atoms. The van der Waals surface area contributed by atoms with Gasteiger partial charge in [0, 0.05) is 16.1 Å². The summed E-state index contributed by atoms with van der Waals surface area (Å²) in [6.45, 7) is 5.15. The number of carbonyl (C=O) groups excluding carboxylic acids is 1. The molecule has 80 valence electrons. The third kappa shape index (κ3) is 3.29. The number of carbonyl (C=O) groups is 1. The van der Waals surface area contributed by atoms with Gasteiger partial charge in [-0.05, 0) is 73.8 Å². The first-order valence-electron chi connectivity index (χ1n) is 3.95. The van der Waals surface area contributed by atoms with Crippen LogP contribution in [0.15, 0.2) is 12.6 Å². The Bertz CT molecular complexity index is 427. The molecule has 0 aliphatic carbocycles. The highest BCUT2D eigenvalue weighted by Gasteiger charge is 2.14. The number of ether oxygens (including phenoxy) is 1. The second-order valence-corrected chi connectivity index (χ2v) is 6.10. The van der Waals surface area contributed by atoms with Crippen LogP contribution in [0.25, 0.3) is 6.08 Å². The van der Waals surface area contributed by atoms with Gasteiger partial charge in [0.05, 0.1) is 7.14 Å². The van der Waals surface area contributed by atoms with Gasteiger partial charge in [-0.3, -0.25) is 4.79 Å². The smallest absolute Gasteiger partial charge is 0.308 e. The van der Waals surface area contributed by atoms with Crippen LogP contribution in [-0.4, -0.2) is 5.97 Å². The van der Waals surface area contributed by atoms with E-state index in [0.717, 1.165) is 16.3 Å². The minimum Gasteiger partial charge on any atom is -0.424 e.